The summed E-state index contributed by atoms with van der Waals surface area (Å²) in [6, 6.07) is 0. The maximum atomic E-state index is 11.6. The summed E-state index contributed by atoms with van der Waals surface area (Å²) in [5.74, 6) is -1.17. The first-order valence-electron chi connectivity index (χ1n) is 5.80. The van der Waals surface area contributed by atoms with E-state index in [1.54, 1.807) is 0 Å². The average molecular weight is 229 g/mol. The number of carboxylic acids is 1. The molecule has 1 rings (SSSR count). The molecule has 0 heterocycles. The number of carbonyl (C=O) groups is 2. The van der Waals surface area contributed by atoms with Gasteiger partial charge in [0, 0.05) is 18.9 Å². The second kappa shape index (κ2) is 6.48. The Morgan fingerprint density at radius 3 is 2.44 bits per heavy atom. The van der Waals surface area contributed by atoms with Crippen molar-refractivity contribution in [3.8, 4) is 0 Å². The van der Waals surface area contributed by atoms with Gasteiger partial charge in [-0.25, -0.2) is 4.79 Å². The number of aliphatic carboxylic acids is 1. The minimum absolute atomic E-state index is 0.00251. The van der Waals surface area contributed by atoms with Crippen LogP contribution in [0.15, 0.2) is 0 Å². The highest BCUT2D eigenvalue weighted by Gasteiger charge is 2.21. The van der Waals surface area contributed by atoms with Crippen LogP contribution in [-0.4, -0.2) is 34.7 Å². The first kappa shape index (κ1) is 13.0. The molecule has 0 saturated heterocycles. The Balaban J connectivity index is 2.16. The SMILES string of the molecule is O=C(O)C(O)CCNC(=O)C1CCCCC1. The van der Waals surface area contributed by atoms with Gasteiger partial charge in [0.2, 0.25) is 5.91 Å². The molecule has 5 nitrogen and oxygen atoms in total. The Morgan fingerprint density at radius 2 is 1.88 bits per heavy atom. The molecular formula is C11H19NO4. The van der Waals surface area contributed by atoms with Gasteiger partial charge in [0.15, 0.2) is 6.10 Å². The third kappa shape index (κ3) is 4.18. The van der Waals surface area contributed by atoms with Crippen molar-refractivity contribution in [3.05, 3.63) is 0 Å². The van der Waals surface area contributed by atoms with Crippen LogP contribution in [0.25, 0.3) is 0 Å². The molecule has 5 heteroatoms. The third-order valence-corrected chi connectivity index (χ3v) is 2.98. The van der Waals surface area contributed by atoms with Gasteiger partial charge in [0.25, 0.3) is 0 Å². The van der Waals surface area contributed by atoms with E-state index in [0.29, 0.717) is 0 Å². The van der Waals surface area contributed by atoms with Crippen LogP contribution >= 0.6 is 0 Å². The van der Waals surface area contributed by atoms with Crippen LogP contribution < -0.4 is 5.32 Å². The summed E-state index contributed by atoms with van der Waals surface area (Å²) >= 11 is 0. The maximum absolute atomic E-state index is 11.6. The van der Waals surface area contributed by atoms with E-state index in [4.69, 9.17) is 10.2 Å². The predicted molar refractivity (Wildman–Crippen MR) is 57.8 cm³/mol. The molecule has 3 N–H and O–H groups in total. The average Bonchev–Trinajstić information content (AvgIpc) is 2.29. The van der Waals surface area contributed by atoms with Gasteiger partial charge < -0.3 is 15.5 Å². The monoisotopic (exact) mass is 229 g/mol. The second-order valence-electron chi connectivity index (χ2n) is 4.27. The summed E-state index contributed by atoms with van der Waals surface area (Å²) < 4.78 is 0. The minimum atomic E-state index is -1.38. The third-order valence-electron chi connectivity index (χ3n) is 2.98. The van der Waals surface area contributed by atoms with Crippen molar-refractivity contribution in [2.45, 2.75) is 44.6 Å². The van der Waals surface area contributed by atoms with Crippen LogP contribution in [0.5, 0.6) is 0 Å². The zero-order valence-electron chi connectivity index (χ0n) is 9.32. The summed E-state index contributed by atoms with van der Waals surface area (Å²) in [6.45, 7) is 0.225. The molecule has 0 aromatic heterocycles. The summed E-state index contributed by atoms with van der Waals surface area (Å²) in [5.41, 5.74) is 0. The standard InChI is InChI=1S/C11H19NO4/c13-9(11(15)16)6-7-12-10(14)8-4-2-1-3-5-8/h8-9,13H,1-7H2,(H,12,14)(H,15,16). The molecule has 1 unspecified atom stereocenters. The normalized spacial score (nSPS) is 19.1. The fraction of sp³-hybridized carbons (Fsp3) is 0.818. The number of amides is 1. The van der Waals surface area contributed by atoms with Gasteiger partial charge in [0.1, 0.15) is 0 Å². The van der Waals surface area contributed by atoms with Gasteiger partial charge in [0.05, 0.1) is 0 Å². The number of nitrogens with one attached hydrogen (secondary N) is 1. The highest BCUT2D eigenvalue weighted by molar-refractivity contribution is 5.78. The Hall–Kier alpha value is -1.10. The van der Waals surface area contributed by atoms with Crippen LogP contribution in [0, 0.1) is 5.92 Å². The molecular weight excluding hydrogens is 210 g/mol. The van der Waals surface area contributed by atoms with E-state index >= 15 is 0 Å². The highest BCUT2D eigenvalue weighted by Crippen LogP contribution is 2.23. The van der Waals surface area contributed by atoms with E-state index in [2.05, 4.69) is 5.32 Å². The second-order valence-corrected chi connectivity index (χ2v) is 4.27. The lowest BCUT2D eigenvalue weighted by Crippen LogP contribution is -2.35. The molecule has 0 spiro atoms. The van der Waals surface area contributed by atoms with Gasteiger partial charge in [-0.15, -0.1) is 0 Å². The fourth-order valence-corrected chi connectivity index (χ4v) is 1.96. The largest absolute Gasteiger partial charge is 0.479 e. The summed E-state index contributed by atoms with van der Waals surface area (Å²) in [7, 11) is 0. The van der Waals surface area contributed by atoms with Crippen LogP contribution in [0.4, 0.5) is 0 Å². The van der Waals surface area contributed by atoms with Gasteiger partial charge in [-0.3, -0.25) is 4.79 Å². The number of aliphatic hydroxyl groups is 1. The molecule has 1 aliphatic carbocycles. The lowest BCUT2D eigenvalue weighted by atomic mass is 9.88. The van der Waals surface area contributed by atoms with E-state index < -0.39 is 12.1 Å². The molecule has 1 atom stereocenters. The number of aliphatic hydroxyl groups excluding tert-OH is 1. The summed E-state index contributed by atoms with van der Waals surface area (Å²) in [5, 5.41) is 20.1. The number of carboxylic acid groups (broad SMARTS) is 1. The number of hydrogen-bond donors (Lipinski definition) is 3. The van der Waals surface area contributed by atoms with E-state index in [1.807, 2.05) is 0 Å². The van der Waals surface area contributed by atoms with E-state index in [1.165, 1.54) is 6.42 Å². The molecule has 1 saturated carbocycles. The van der Waals surface area contributed by atoms with Crippen LogP contribution in [0.3, 0.4) is 0 Å². The molecule has 92 valence electrons. The molecule has 1 aliphatic rings. The van der Waals surface area contributed by atoms with Crippen LogP contribution in [0.1, 0.15) is 38.5 Å². The quantitative estimate of drug-likeness (QED) is 0.641. The first-order valence-corrected chi connectivity index (χ1v) is 5.80. The topological polar surface area (TPSA) is 86.6 Å². The Labute approximate surface area is 94.8 Å². The van der Waals surface area contributed by atoms with Crippen molar-refractivity contribution in [3.63, 3.8) is 0 Å². The Morgan fingerprint density at radius 1 is 1.25 bits per heavy atom. The van der Waals surface area contributed by atoms with Gasteiger partial charge >= 0.3 is 5.97 Å². The number of rotatable bonds is 5. The smallest absolute Gasteiger partial charge is 0.332 e. The van der Waals surface area contributed by atoms with E-state index in [9.17, 15) is 9.59 Å². The Kier molecular flexibility index (Phi) is 5.25. The number of hydrogen-bond acceptors (Lipinski definition) is 3. The maximum Gasteiger partial charge on any atom is 0.332 e. The highest BCUT2D eigenvalue weighted by atomic mass is 16.4. The van der Waals surface area contributed by atoms with Gasteiger partial charge in [-0.1, -0.05) is 19.3 Å². The minimum Gasteiger partial charge on any atom is -0.479 e. The lowest BCUT2D eigenvalue weighted by molar-refractivity contribution is -0.147. The number of carbonyl (C=O) groups excluding carboxylic acids is 1. The van der Waals surface area contributed by atoms with Crippen molar-refractivity contribution >= 4 is 11.9 Å². The van der Waals surface area contributed by atoms with Crippen molar-refractivity contribution in [2.75, 3.05) is 6.54 Å². The predicted octanol–water partition coefficient (Wildman–Crippen LogP) is 0.518. The summed E-state index contributed by atoms with van der Waals surface area (Å²) in [4.78, 5) is 21.9. The fourth-order valence-electron chi connectivity index (χ4n) is 1.96. The van der Waals surface area contributed by atoms with Crippen molar-refractivity contribution in [1.82, 2.24) is 5.32 Å². The van der Waals surface area contributed by atoms with Crippen LogP contribution in [-0.2, 0) is 9.59 Å². The molecule has 0 aromatic rings. The molecule has 16 heavy (non-hydrogen) atoms. The molecule has 1 amide bonds. The van der Waals surface area contributed by atoms with Gasteiger partial charge in [-0.2, -0.15) is 0 Å². The van der Waals surface area contributed by atoms with Crippen molar-refractivity contribution < 1.29 is 19.8 Å². The zero-order chi connectivity index (χ0) is 12.0. The van der Waals surface area contributed by atoms with Crippen molar-refractivity contribution in [2.24, 2.45) is 5.92 Å². The summed E-state index contributed by atoms with van der Waals surface area (Å²) in [6.07, 6.45) is 3.91. The zero-order valence-corrected chi connectivity index (χ0v) is 9.32. The molecule has 1 fully saturated rings. The molecule has 0 aromatic carbocycles. The first-order chi connectivity index (χ1) is 7.61. The lowest BCUT2D eigenvalue weighted by Gasteiger charge is -2.20. The van der Waals surface area contributed by atoms with E-state index in [-0.39, 0.29) is 24.8 Å². The van der Waals surface area contributed by atoms with Crippen LogP contribution in [0.2, 0.25) is 0 Å². The Bertz CT molecular complexity index is 248. The molecule has 0 radical (unpaired) electrons. The molecule has 0 bridgehead atoms. The molecule has 0 aliphatic heterocycles. The van der Waals surface area contributed by atoms with Gasteiger partial charge in [-0.05, 0) is 12.8 Å². The van der Waals surface area contributed by atoms with E-state index in [0.717, 1.165) is 25.7 Å². The van der Waals surface area contributed by atoms with Crippen molar-refractivity contribution in [1.29, 1.82) is 0 Å².